The van der Waals surface area contributed by atoms with Gasteiger partial charge in [-0.15, -0.1) is 0 Å². The molecular formula is C20H32N2O2. The van der Waals surface area contributed by atoms with Crippen molar-refractivity contribution in [3.8, 4) is 0 Å². The zero-order valence-corrected chi connectivity index (χ0v) is 15.5. The summed E-state index contributed by atoms with van der Waals surface area (Å²) in [5, 5.41) is 12.8. The van der Waals surface area contributed by atoms with Gasteiger partial charge < -0.3 is 15.3 Å². The van der Waals surface area contributed by atoms with E-state index in [-0.39, 0.29) is 18.2 Å². The average molecular weight is 332 g/mol. The maximum atomic E-state index is 12.4. The Bertz CT molecular complexity index is 517. The molecule has 1 aliphatic rings. The summed E-state index contributed by atoms with van der Waals surface area (Å²) in [4.78, 5) is 14.2. The van der Waals surface area contributed by atoms with Crippen LogP contribution in [0.1, 0.15) is 57.6 Å². The molecule has 1 heterocycles. The van der Waals surface area contributed by atoms with Crippen molar-refractivity contribution >= 4 is 6.03 Å². The largest absolute Gasteiger partial charge is 0.393 e. The van der Waals surface area contributed by atoms with Crippen molar-refractivity contribution in [2.75, 3.05) is 13.1 Å². The molecule has 4 heteroatoms. The molecule has 0 aliphatic carbocycles. The molecule has 134 valence electrons. The van der Waals surface area contributed by atoms with Crippen molar-refractivity contribution in [1.29, 1.82) is 0 Å². The van der Waals surface area contributed by atoms with Crippen LogP contribution in [0.15, 0.2) is 24.3 Å². The monoisotopic (exact) mass is 332 g/mol. The lowest BCUT2D eigenvalue weighted by Gasteiger charge is -2.34. The summed E-state index contributed by atoms with van der Waals surface area (Å²) in [7, 11) is 0. The lowest BCUT2D eigenvalue weighted by molar-refractivity contribution is 0.0794. The number of amides is 2. The molecule has 1 aromatic carbocycles. The van der Waals surface area contributed by atoms with Crippen LogP contribution in [0.5, 0.6) is 0 Å². The van der Waals surface area contributed by atoms with Crippen LogP contribution in [0, 0.1) is 5.92 Å². The fourth-order valence-electron chi connectivity index (χ4n) is 3.33. The summed E-state index contributed by atoms with van der Waals surface area (Å²) in [6.45, 7) is 9.75. The standard InChI is InChI=1S/C20H32N2O2/c1-14(2)18-7-5-17(6-8-18)13-15(3)21-20(24)22-11-9-19(10-12-22)16(4)23/h5-8,14-16,19,23H,9-13H2,1-4H3,(H,21,24). The van der Waals surface area contributed by atoms with E-state index in [9.17, 15) is 9.90 Å². The lowest BCUT2D eigenvalue weighted by atomic mass is 9.92. The highest BCUT2D eigenvalue weighted by Gasteiger charge is 2.25. The van der Waals surface area contributed by atoms with Gasteiger partial charge >= 0.3 is 6.03 Å². The number of piperidine rings is 1. The van der Waals surface area contributed by atoms with Crippen molar-refractivity contribution < 1.29 is 9.90 Å². The highest BCUT2D eigenvalue weighted by atomic mass is 16.3. The summed E-state index contributed by atoms with van der Waals surface area (Å²) in [5.41, 5.74) is 2.59. The van der Waals surface area contributed by atoms with E-state index >= 15 is 0 Å². The molecule has 1 saturated heterocycles. The van der Waals surface area contributed by atoms with Crippen LogP contribution < -0.4 is 5.32 Å². The number of rotatable bonds is 5. The summed E-state index contributed by atoms with van der Waals surface area (Å²) in [6.07, 6.45) is 2.34. The van der Waals surface area contributed by atoms with Gasteiger partial charge in [-0.05, 0) is 56.1 Å². The van der Waals surface area contributed by atoms with E-state index in [1.54, 1.807) is 0 Å². The normalized spacial score (nSPS) is 18.5. The molecule has 0 radical (unpaired) electrons. The fourth-order valence-corrected chi connectivity index (χ4v) is 3.33. The molecule has 2 atom stereocenters. The molecule has 1 aromatic rings. The summed E-state index contributed by atoms with van der Waals surface area (Å²) in [6, 6.07) is 8.80. The highest BCUT2D eigenvalue weighted by Crippen LogP contribution is 2.20. The van der Waals surface area contributed by atoms with Gasteiger partial charge in [0.05, 0.1) is 6.10 Å². The molecule has 1 aliphatic heterocycles. The van der Waals surface area contributed by atoms with Crippen molar-refractivity contribution in [3.05, 3.63) is 35.4 Å². The number of nitrogens with zero attached hydrogens (tertiary/aromatic N) is 1. The first-order valence-electron chi connectivity index (χ1n) is 9.19. The van der Waals surface area contributed by atoms with Crippen molar-refractivity contribution in [2.24, 2.45) is 5.92 Å². The predicted octanol–water partition coefficient (Wildman–Crippen LogP) is 3.54. The number of carbonyl (C=O) groups excluding carboxylic acids is 1. The van der Waals surface area contributed by atoms with Gasteiger partial charge in [-0.3, -0.25) is 0 Å². The number of hydrogen-bond donors (Lipinski definition) is 2. The van der Waals surface area contributed by atoms with Gasteiger partial charge in [0.15, 0.2) is 0 Å². The number of nitrogens with one attached hydrogen (secondary N) is 1. The molecule has 2 unspecified atom stereocenters. The summed E-state index contributed by atoms with van der Waals surface area (Å²) < 4.78 is 0. The topological polar surface area (TPSA) is 52.6 Å². The van der Waals surface area contributed by atoms with Crippen molar-refractivity contribution in [3.63, 3.8) is 0 Å². The minimum Gasteiger partial charge on any atom is -0.393 e. The molecule has 1 fully saturated rings. The van der Waals surface area contributed by atoms with Gasteiger partial charge in [0.1, 0.15) is 0 Å². The fraction of sp³-hybridized carbons (Fsp3) is 0.650. The third-order valence-corrected chi connectivity index (χ3v) is 5.07. The molecule has 0 saturated carbocycles. The molecule has 0 bridgehead atoms. The van der Waals surface area contributed by atoms with E-state index in [0.717, 1.165) is 32.4 Å². The van der Waals surface area contributed by atoms with Crippen LogP contribution in [0.25, 0.3) is 0 Å². The van der Waals surface area contributed by atoms with Gasteiger partial charge in [0.2, 0.25) is 0 Å². The summed E-state index contributed by atoms with van der Waals surface area (Å²) in [5.74, 6) is 0.867. The summed E-state index contributed by atoms with van der Waals surface area (Å²) >= 11 is 0. The maximum Gasteiger partial charge on any atom is 0.317 e. The lowest BCUT2D eigenvalue weighted by Crippen LogP contribution is -2.48. The molecule has 2 N–H and O–H groups in total. The van der Waals surface area contributed by atoms with Gasteiger partial charge in [-0.1, -0.05) is 38.1 Å². The number of benzene rings is 1. The Morgan fingerprint density at radius 2 is 1.75 bits per heavy atom. The Labute approximate surface area is 146 Å². The van der Waals surface area contributed by atoms with Crippen molar-refractivity contribution in [1.82, 2.24) is 10.2 Å². The number of hydrogen-bond acceptors (Lipinski definition) is 2. The first kappa shape index (κ1) is 18.8. The minimum absolute atomic E-state index is 0.0188. The smallest absolute Gasteiger partial charge is 0.317 e. The molecule has 0 spiro atoms. The predicted molar refractivity (Wildman–Crippen MR) is 98.2 cm³/mol. The zero-order valence-electron chi connectivity index (χ0n) is 15.5. The molecular weight excluding hydrogens is 300 g/mol. The van der Waals surface area contributed by atoms with E-state index in [4.69, 9.17) is 0 Å². The van der Waals surface area contributed by atoms with Gasteiger partial charge in [0.25, 0.3) is 0 Å². The Balaban J connectivity index is 1.79. The molecule has 4 nitrogen and oxygen atoms in total. The van der Waals surface area contributed by atoms with Crippen LogP contribution in [0.2, 0.25) is 0 Å². The van der Waals surface area contributed by atoms with Crippen LogP contribution in [0.3, 0.4) is 0 Å². The Morgan fingerprint density at radius 3 is 2.25 bits per heavy atom. The molecule has 0 aromatic heterocycles. The highest BCUT2D eigenvalue weighted by molar-refractivity contribution is 5.74. The Kier molecular flexibility index (Phi) is 6.67. The SMILES string of the molecule is CC(Cc1ccc(C(C)C)cc1)NC(=O)N1CCC(C(C)O)CC1. The van der Waals surface area contributed by atoms with E-state index in [1.165, 1.54) is 11.1 Å². The quantitative estimate of drug-likeness (QED) is 0.866. The van der Waals surface area contributed by atoms with Gasteiger partial charge in [-0.2, -0.15) is 0 Å². The van der Waals surface area contributed by atoms with Crippen LogP contribution >= 0.6 is 0 Å². The number of urea groups is 1. The van der Waals surface area contributed by atoms with Crippen LogP contribution in [0.4, 0.5) is 4.79 Å². The number of aliphatic hydroxyl groups excluding tert-OH is 1. The van der Waals surface area contributed by atoms with Crippen LogP contribution in [-0.4, -0.2) is 41.3 Å². The van der Waals surface area contributed by atoms with E-state index < -0.39 is 0 Å². The Hall–Kier alpha value is -1.55. The van der Waals surface area contributed by atoms with Gasteiger partial charge in [-0.25, -0.2) is 4.79 Å². The first-order chi connectivity index (χ1) is 11.4. The van der Waals surface area contributed by atoms with E-state index in [0.29, 0.717) is 11.8 Å². The van der Waals surface area contributed by atoms with Crippen LogP contribution in [-0.2, 0) is 6.42 Å². The third kappa shape index (κ3) is 5.23. The molecule has 2 amide bonds. The minimum atomic E-state index is -0.275. The Morgan fingerprint density at radius 1 is 1.17 bits per heavy atom. The second kappa shape index (κ2) is 8.52. The number of aliphatic hydroxyl groups is 1. The number of likely N-dealkylation sites (tertiary alicyclic amines) is 1. The second-order valence-electron chi connectivity index (χ2n) is 7.52. The zero-order chi connectivity index (χ0) is 17.7. The second-order valence-corrected chi connectivity index (χ2v) is 7.52. The third-order valence-electron chi connectivity index (χ3n) is 5.07. The number of carbonyl (C=O) groups is 1. The van der Waals surface area contributed by atoms with Crippen molar-refractivity contribution in [2.45, 2.75) is 65.0 Å². The van der Waals surface area contributed by atoms with E-state index in [2.05, 4.69) is 50.4 Å². The average Bonchev–Trinajstić information content (AvgIpc) is 2.55. The van der Waals surface area contributed by atoms with E-state index in [1.807, 2.05) is 11.8 Å². The maximum absolute atomic E-state index is 12.4. The molecule has 2 rings (SSSR count). The molecule has 24 heavy (non-hydrogen) atoms. The first-order valence-corrected chi connectivity index (χ1v) is 9.19. The van der Waals surface area contributed by atoms with Gasteiger partial charge in [0, 0.05) is 19.1 Å².